The second kappa shape index (κ2) is 9.39. The number of halogens is 1. The zero-order valence-electron chi connectivity index (χ0n) is 17.2. The lowest BCUT2D eigenvalue weighted by molar-refractivity contribution is -0.384. The second-order valence-electron chi connectivity index (χ2n) is 7.26. The molecule has 33 heavy (non-hydrogen) atoms. The lowest BCUT2D eigenvalue weighted by Crippen LogP contribution is -2.14. The Hall–Kier alpha value is -4.41. The van der Waals surface area contributed by atoms with Crippen molar-refractivity contribution in [2.45, 2.75) is 6.54 Å². The number of amides is 1. The van der Waals surface area contributed by atoms with Gasteiger partial charge in [0, 0.05) is 41.3 Å². The summed E-state index contributed by atoms with van der Waals surface area (Å²) in [5.41, 5.74) is 2.47. The van der Waals surface area contributed by atoms with Gasteiger partial charge in [-0.25, -0.2) is 0 Å². The van der Waals surface area contributed by atoms with Crippen molar-refractivity contribution >= 4 is 45.9 Å². The van der Waals surface area contributed by atoms with Crippen LogP contribution in [0, 0.1) is 21.4 Å². The molecule has 3 aromatic carbocycles. The SMILES string of the molecule is N#C/C(=C\c1cn(Cc2ccccc2)c2ccccc12)C(=O)Nc1cc([N+](=O)[O-])ccc1Cl. The van der Waals surface area contributed by atoms with Crippen molar-refractivity contribution in [2.24, 2.45) is 0 Å². The number of para-hydroxylation sites is 1. The summed E-state index contributed by atoms with van der Waals surface area (Å²) in [6, 6.07) is 23.3. The fraction of sp³-hybridized carbons (Fsp3) is 0.0400. The Morgan fingerprint density at radius 1 is 1.12 bits per heavy atom. The summed E-state index contributed by atoms with van der Waals surface area (Å²) < 4.78 is 2.06. The number of aromatic nitrogens is 1. The van der Waals surface area contributed by atoms with E-state index in [1.165, 1.54) is 18.2 Å². The number of hydrogen-bond acceptors (Lipinski definition) is 4. The average molecular weight is 457 g/mol. The van der Waals surface area contributed by atoms with E-state index in [0.717, 1.165) is 22.5 Å². The average Bonchev–Trinajstić information content (AvgIpc) is 3.16. The maximum absolute atomic E-state index is 12.8. The molecule has 1 N–H and O–H groups in total. The van der Waals surface area contributed by atoms with E-state index in [2.05, 4.69) is 9.88 Å². The van der Waals surface area contributed by atoms with Crippen LogP contribution in [0.4, 0.5) is 11.4 Å². The molecular formula is C25H17ClN4O3. The zero-order chi connectivity index (χ0) is 23.4. The molecular weight excluding hydrogens is 440 g/mol. The molecule has 0 atom stereocenters. The molecule has 0 fully saturated rings. The highest BCUT2D eigenvalue weighted by Gasteiger charge is 2.16. The van der Waals surface area contributed by atoms with Crippen LogP contribution in [0.3, 0.4) is 0 Å². The van der Waals surface area contributed by atoms with E-state index in [1.807, 2.05) is 66.9 Å². The third kappa shape index (κ3) is 4.76. The molecule has 0 aliphatic rings. The number of carbonyl (C=O) groups excluding carboxylic acids is 1. The van der Waals surface area contributed by atoms with Crippen molar-refractivity contribution in [1.82, 2.24) is 4.57 Å². The molecule has 0 saturated heterocycles. The summed E-state index contributed by atoms with van der Waals surface area (Å²) in [4.78, 5) is 23.2. The third-order valence-electron chi connectivity index (χ3n) is 5.09. The number of nitriles is 1. The first-order valence-electron chi connectivity index (χ1n) is 9.95. The summed E-state index contributed by atoms with van der Waals surface area (Å²) >= 11 is 6.07. The van der Waals surface area contributed by atoms with E-state index in [0.29, 0.717) is 12.1 Å². The van der Waals surface area contributed by atoms with Crippen LogP contribution in [0.15, 0.2) is 84.6 Å². The number of fused-ring (bicyclic) bond motifs is 1. The molecule has 0 bridgehead atoms. The van der Waals surface area contributed by atoms with Crippen molar-refractivity contribution in [1.29, 1.82) is 5.26 Å². The standard InChI is InChI=1S/C25H17ClN4O3/c26-22-11-10-20(30(32)33)13-23(22)28-25(31)18(14-27)12-19-16-29(15-17-6-2-1-3-7-17)24-9-5-4-8-21(19)24/h1-13,16H,15H2,(H,28,31)/b18-12+. The Morgan fingerprint density at radius 2 is 1.85 bits per heavy atom. The minimum absolute atomic E-state index is 0.0588. The van der Waals surface area contributed by atoms with Crippen LogP contribution in [-0.4, -0.2) is 15.4 Å². The van der Waals surface area contributed by atoms with Crippen LogP contribution in [0.1, 0.15) is 11.1 Å². The van der Waals surface area contributed by atoms with E-state index in [9.17, 15) is 20.2 Å². The van der Waals surface area contributed by atoms with E-state index in [-0.39, 0.29) is 22.0 Å². The summed E-state index contributed by atoms with van der Waals surface area (Å²) in [7, 11) is 0. The fourth-order valence-corrected chi connectivity index (χ4v) is 3.68. The van der Waals surface area contributed by atoms with Crippen LogP contribution < -0.4 is 5.32 Å². The lowest BCUT2D eigenvalue weighted by atomic mass is 10.1. The Morgan fingerprint density at radius 3 is 2.58 bits per heavy atom. The Kier molecular flexibility index (Phi) is 6.20. The van der Waals surface area contributed by atoms with E-state index in [1.54, 1.807) is 0 Å². The summed E-state index contributed by atoms with van der Waals surface area (Å²) in [5.74, 6) is -0.709. The summed E-state index contributed by atoms with van der Waals surface area (Å²) in [5, 5.41) is 24.2. The van der Waals surface area contributed by atoms with Crippen molar-refractivity contribution in [3.63, 3.8) is 0 Å². The molecule has 1 aromatic heterocycles. The number of anilines is 1. The van der Waals surface area contributed by atoms with Crippen LogP contribution in [0.25, 0.3) is 17.0 Å². The lowest BCUT2D eigenvalue weighted by Gasteiger charge is -2.06. The largest absolute Gasteiger partial charge is 0.342 e. The number of nitrogens with one attached hydrogen (secondary N) is 1. The van der Waals surface area contributed by atoms with Gasteiger partial charge in [-0.15, -0.1) is 0 Å². The topological polar surface area (TPSA) is 101 Å². The molecule has 8 heteroatoms. The molecule has 4 aromatic rings. The monoisotopic (exact) mass is 456 g/mol. The molecule has 162 valence electrons. The molecule has 0 aliphatic carbocycles. The number of nitro groups is 1. The van der Waals surface area contributed by atoms with Gasteiger partial charge in [0.2, 0.25) is 0 Å². The molecule has 0 aliphatic heterocycles. The van der Waals surface area contributed by atoms with Gasteiger partial charge in [-0.3, -0.25) is 14.9 Å². The summed E-state index contributed by atoms with van der Waals surface area (Å²) in [6.45, 7) is 0.632. The van der Waals surface area contributed by atoms with Crippen molar-refractivity contribution in [2.75, 3.05) is 5.32 Å². The first kappa shape index (κ1) is 21.8. The van der Waals surface area contributed by atoms with Gasteiger partial charge in [-0.05, 0) is 23.8 Å². The maximum Gasteiger partial charge on any atom is 0.271 e. The number of rotatable bonds is 6. The van der Waals surface area contributed by atoms with Gasteiger partial charge >= 0.3 is 0 Å². The van der Waals surface area contributed by atoms with Crippen LogP contribution >= 0.6 is 11.6 Å². The van der Waals surface area contributed by atoms with Crippen molar-refractivity contribution in [3.05, 3.63) is 111 Å². The quantitative estimate of drug-likeness (QED) is 0.171. The zero-order valence-corrected chi connectivity index (χ0v) is 18.0. The normalized spacial score (nSPS) is 11.2. The maximum atomic E-state index is 12.8. The summed E-state index contributed by atoms with van der Waals surface area (Å²) in [6.07, 6.45) is 3.40. The van der Waals surface area contributed by atoms with Crippen molar-refractivity contribution < 1.29 is 9.72 Å². The van der Waals surface area contributed by atoms with Crippen LogP contribution in [0.2, 0.25) is 5.02 Å². The van der Waals surface area contributed by atoms with Crippen LogP contribution in [0.5, 0.6) is 0 Å². The minimum Gasteiger partial charge on any atom is -0.342 e. The first-order chi connectivity index (χ1) is 16.0. The molecule has 1 heterocycles. The molecule has 0 unspecified atom stereocenters. The van der Waals surface area contributed by atoms with Gasteiger partial charge in [0.25, 0.3) is 11.6 Å². The Labute approximate surface area is 194 Å². The van der Waals surface area contributed by atoms with E-state index >= 15 is 0 Å². The number of nitro benzene ring substituents is 1. The third-order valence-corrected chi connectivity index (χ3v) is 5.42. The first-order valence-corrected chi connectivity index (χ1v) is 10.3. The smallest absolute Gasteiger partial charge is 0.271 e. The van der Waals surface area contributed by atoms with Crippen LogP contribution in [-0.2, 0) is 11.3 Å². The number of non-ortho nitro benzene ring substituents is 1. The van der Waals surface area contributed by atoms with E-state index in [4.69, 9.17) is 11.6 Å². The van der Waals surface area contributed by atoms with Gasteiger partial charge in [-0.1, -0.05) is 60.1 Å². The van der Waals surface area contributed by atoms with Gasteiger partial charge in [0.1, 0.15) is 11.6 Å². The molecule has 4 rings (SSSR count). The molecule has 1 amide bonds. The van der Waals surface area contributed by atoms with Gasteiger partial charge in [-0.2, -0.15) is 5.26 Å². The highest BCUT2D eigenvalue weighted by molar-refractivity contribution is 6.34. The predicted molar refractivity (Wildman–Crippen MR) is 128 cm³/mol. The van der Waals surface area contributed by atoms with Crippen molar-refractivity contribution in [3.8, 4) is 6.07 Å². The highest BCUT2D eigenvalue weighted by atomic mass is 35.5. The molecule has 0 saturated carbocycles. The van der Waals surface area contributed by atoms with Gasteiger partial charge < -0.3 is 9.88 Å². The second-order valence-corrected chi connectivity index (χ2v) is 7.67. The van der Waals surface area contributed by atoms with Gasteiger partial charge in [0.05, 0.1) is 15.6 Å². The minimum atomic E-state index is -0.709. The number of nitrogens with zero attached hydrogens (tertiary/aromatic N) is 3. The predicted octanol–water partition coefficient (Wildman–Crippen LogP) is 5.80. The van der Waals surface area contributed by atoms with E-state index < -0.39 is 10.8 Å². The number of carbonyl (C=O) groups is 1. The number of hydrogen-bond donors (Lipinski definition) is 1. The molecule has 0 spiro atoms. The number of benzene rings is 3. The molecule has 0 radical (unpaired) electrons. The molecule has 7 nitrogen and oxygen atoms in total. The fourth-order valence-electron chi connectivity index (χ4n) is 3.52. The highest BCUT2D eigenvalue weighted by Crippen LogP contribution is 2.28. The van der Waals surface area contributed by atoms with Gasteiger partial charge in [0.15, 0.2) is 0 Å². The Bertz CT molecular complexity index is 1440. The Balaban J connectivity index is 1.68.